The van der Waals surface area contributed by atoms with Crippen LogP contribution in [0.1, 0.15) is 30.2 Å². The highest BCUT2D eigenvalue weighted by Gasteiger charge is 2.10. The van der Waals surface area contributed by atoms with Crippen LogP contribution in [0, 0.1) is 13.8 Å². The molecule has 0 bridgehead atoms. The van der Waals surface area contributed by atoms with Crippen LogP contribution >= 0.6 is 0 Å². The van der Waals surface area contributed by atoms with Crippen molar-refractivity contribution in [3.8, 4) is 5.75 Å². The van der Waals surface area contributed by atoms with Gasteiger partial charge in [0.05, 0.1) is 32.6 Å². The molecule has 1 saturated heterocycles. The lowest BCUT2D eigenvalue weighted by Gasteiger charge is -2.26. The first-order chi connectivity index (χ1) is 12.7. The summed E-state index contributed by atoms with van der Waals surface area (Å²) in [7, 11) is 1.70. The van der Waals surface area contributed by atoms with E-state index in [9.17, 15) is 0 Å². The zero-order valence-corrected chi connectivity index (χ0v) is 16.6. The van der Waals surface area contributed by atoms with Crippen LogP contribution in [-0.4, -0.2) is 68.9 Å². The lowest BCUT2D eigenvalue weighted by atomic mass is 10.1. The molecular formula is C19H33N5O2. The maximum absolute atomic E-state index is 5.47. The van der Waals surface area contributed by atoms with Crippen molar-refractivity contribution in [1.82, 2.24) is 20.5 Å². The molecule has 0 aromatic carbocycles. The zero-order chi connectivity index (χ0) is 18.8. The van der Waals surface area contributed by atoms with Crippen LogP contribution in [0.4, 0.5) is 0 Å². The number of pyridine rings is 1. The molecule has 2 N–H and O–H groups in total. The van der Waals surface area contributed by atoms with Crippen molar-refractivity contribution in [2.45, 2.75) is 33.7 Å². The summed E-state index contributed by atoms with van der Waals surface area (Å²) in [5.74, 6) is 1.73. The van der Waals surface area contributed by atoms with Crippen molar-refractivity contribution in [3.05, 3.63) is 23.0 Å². The number of guanidine groups is 1. The van der Waals surface area contributed by atoms with E-state index in [4.69, 9.17) is 9.47 Å². The van der Waals surface area contributed by atoms with E-state index in [0.29, 0.717) is 6.54 Å². The van der Waals surface area contributed by atoms with Gasteiger partial charge in [-0.2, -0.15) is 0 Å². The van der Waals surface area contributed by atoms with E-state index in [1.165, 1.54) is 0 Å². The van der Waals surface area contributed by atoms with Crippen LogP contribution in [0.3, 0.4) is 0 Å². The summed E-state index contributed by atoms with van der Waals surface area (Å²) >= 11 is 0. The van der Waals surface area contributed by atoms with Crippen LogP contribution in [0.5, 0.6) is 5.75 Å². The Morgan fingerprint density at radius 3 is 2.77 bits per heavy atom. The monoisotopic (exact) mass is 363 g/mol. The third-order valence-corrected chi connectivity index (χ3v) is 4.53. The molecule has 0 atom stereocenters. The number of aromatic nitrogens is 1. The van der Waals surface area contributed by atoms with Crippen molar-refractivity contribution in [2.75, 3.05) is 53.0 Å². The molecule has 7 heteroatoms. The third kappa shape index (κ3) is 6.14. The molecule has 1 aromatic rings. The lowest BCUT2D eigenvalue weighted by molar-refractivity contribution is 0.0376. The first kappa shape index (κ1) is 20.5. The van der Waals surface area contributed by atoms with Crippen molar-refractivity contribution in [1.29, 1.82) is 0 Å². The highest BCUT2D eigenvalue weighted by Crippen LogP contribution is 2.24. The number of aliphatic imine (C=N–C) groups is 1. The second-order valence-corrected chi connectivity index (χ2v) is 6.48. The maximum atomic E-state index is 5.47. The van der Waals surface area contributed by atoms with E-state index in [0.717, 1.165) is 80.9 Å². The smallest absolute Gasteiger partial charge is 0.191 e. The number of methoxy groups -OCH3 is 1. The lowest BCUT2D eigenvalue weighted by Crippen LogP contribution is -2.40. The first-order valence-electron chi connectivity index (χ1n) is 9.47. The Kier molecular flexibility index (Phi) is 8.64. The minimum absolute atomic E-state index is 0.529. The van der Waals surface area contributed by atoms with E-state index < -0.39 is 0 Å². The molecule has 2 rings (SSSR count). The predicted octanol–water partition coefficient (Wildman–Crippen LogP) is 1.48. The van der Waals surface area contributed by atoms with Gasteiger partial charge in [0, 0.05) is 43.5 Å². The Morgan fingerprint density at radius 1 is 1.31 bits per heavy atom. The van der Waals surface area contributed by atoms with Crippen molar-refractivity contribution >= 4 is 5.96 Å². The SMILES string of the molecule is CCNC(=NCc1ncc(C)c(OC)c1C)NCCCN1CCOCC1. The average molecular weight is 364 g/mol. The number of hydrogen-bond donors (Lipinski definition) is 2. The third-order valence-electron chi connectivity index (χ3n) is 4.53. The Labute approximate surface area is 157 Å². The molecule has 0 amide bonds. The fourth-order valence-electron chi connectivity index (χ4n) is 3.06. The van der Waals surface area contributed by atoms with Crippen LogP contribution in [0.2, 0.25) is 0 Å². The van der Waals surface area contributed by atoms with E-state index in [2.05, 4.69) is 32.4 Å². The van der Waals surface area contributed by atoms with E-state index >= 15 is 0 Å². The molecule has 1 aliphatic rings. The Balaban J connectivity index is 1.85. The number of morpholine rings is 1. The number of ether oxygens (including phenoxy) is 2. The topological polar surface area (TPSA) is 71.0 Å². The van der Waals surface area contributed by atoms with E-state index in [-0.39, 0.29) is 0 Å². The minimum Gasteiger partial charge on any atom is -0.496 e. The normalized spacial score (nSPS) is 15.8. The summed E-state index contributed by atoms with van der Waals surface area (Å²) in [5, 5.41) is 6.71. The van der Waals surface area contributed by atoms with Crippen LogP contribution < -0.4 is 15.4 Å². The molecule has 2 heterocycles. The second-order valence-electron chi connectivity index (χ2n) is 6.48. The summed E-state index contributed by atoms with van der Waals surface area (Å²) in [6, 6.07) is 0. The molecular weight excluding hydrogens is 330 g/mol. The van der Waals surface area contributed by atoms with Gasteiger partial charge in [0.15, 0.2) is 5.96 Å². The largest absolute Gasteiger partial charge is 0.496 e. The zero-order valence-electron chi connectivity index (χ0n) is 16.6. The molecule has 1 aliphatic heterocycles. The Hall–Kier alpha value is -1.86. The van der Waals surface area contributed by atoms with Crippen molar-refractivity contribution in [2.24, 2.45) is 4.99 Å². The molecule has 146 valence electrons. The first-order valence-corrected chi connectivity index (χ1v) is 9.47. The molecule has 0 radical (unpaired) electrons. The number of rotatable bonds is 8. The average Bonchev–Trinajstić information content (AvgIpc) is 2.65. The molecule has 0 unspecified atom stereocenters. The van der Waals surface area contributed by atoms with Gasteiger partial charge in [-0.1, -0.05) is 0 Å². The number of nitrogens with one attached hydrogen (secondary N) is 2. The number of aryl methyl sites for hydroxylation is 1. The van der Waals surface area contributed by atoms with Gasteiger partial charge in [-0.3, -0.25) is 9.88 Å². The van der Waals surface area contributed by atoms with Gasteiger partial charge in [0.25, 0.3) is 0 Å². The van der Waals surface area contributed by atoms with Crippen LogP contribution in [-0.2, 0) is 11.3 Å². The molecule has 1 aromatic heterocycles. The van der Waals surface area contributed by atoms with Gasteiger partial charge < -0.3 is 20.1 Å². The highest BCUT2D eigenvalue weighted by molar-refractivity contribution is 5.79. The van der Waals surface area contributed by atoms with Crippen LogP contribution in [0.25, 0.3) is 0 Å². The molecule has 7 nitrogen and oxygen atoms in total. The molecule has 26 heavy (non-hydrogen) atoms. The number of nitrogens with zero attached hydrogens (tertiary/aromatic N) is 3. The second kappa shape index (κ2) is 11.0. The summed E-state index contributed by atoms with van der Waals surface area (Å²) in [4.78, 5) is 11.6. The van der Waals surface area contributed by atoms with Gasteiger partial charge in [-0.25, -0.2) is 4.99 Å². The van der Waals surface area contributed by atoms with Crippen molar-refractivity contribution < 1.29 is 9.47 Å². The molecule has 0 spiro atoms. The fourth-order valence-corrected chi connectivity index (χ4v) is 3.06. The fraction of sp³-hybridized carbons (Fsp3) is 0.684. The predicted molar refractivity (Wildman–Crippen MR) is 105 cm³/mol. The van der Waals surface area contributed by atoms with Gasteiger partial charge in [-0.15, -0.1) is 0 Å². The maximum Gasteiger partial charge on any atom is 0.191 e. The molecule has 0 aliphatic carbocycles. The quantitative estimate of drug-likeness (QED) is 0.414. The minimum atomic E-state index is 0.529. The summed E-state index contributed by atoms with van der Waals surface area (Å²) in [6.45, 7) is 13.2. The van der Waals surface area contributed by atoms with Crippen molar-refractivity contribution in [3.63, 3.8) is 0 Å². The summed E-state index contributed by atoms with van der Waals surface area (Å²) < 4.78 is 10.9. The summed E-state index contributed by atoms with van der Waals surface area (Å²) in [5.41, 5.74) is 3.04. The van der Waals surface area contributed by atoms with Gasteiger partial charge in [0.2, 0.25) is 0 Å². The molecule has 0 saturated carbocycles. The van der Waals surface area contributed by atoms with Gasteiger partial charge in [-0.05, 0) is 33.7 Å². The molecule has 1 fully saturated rings. The van der Waals surface area contributed by atoms with E-state index in [1.807, 2.05) is 20.0 Å². The highest BCUT2D eigenvalue weighted by atomic mass is 16.5. The van der Waals surface area contributed by atoms with Gasteiger partial charge >= 0.3 is 0 Å². The Bertz CT molecular complexity index is 586. The van der Waals surface area contributed by atoms with Crippen LogP contribution in [0.15, 0.2) is 11.2 Å². The standard InChI is InChI=1S/C19H33N5O2/c1-5-20-19(21-7-6-8-24-9-11-26-12-10-24)23-14-17-16(3)18(25-4)15(2)13-22-17/h13H,5-12,14H2,1-4H3,(H2,20,21,23). The van der Waals surface area contributed by atoms with E-state index in [1.54, 1.807) is 7.11 Å². The summed E-state index contributed by atoms with van der Waals surface area (Å²) in [6.07, 6.45) is 2.93. The van der Waals surface area contributed by atoms with Gasteiger partial charge in [0.1, 0.15) is 5.75 Å². The Morgan fingerprint density at radius 2 is 2.08 bits per heavy atom. The number of hydrogen-bond acceptors (Lipinski definition) is 5.